The Morgan fingerprint density at radius 3 is 2.84 bits per heavy atom. The highest BCUT2D eigenvalue weighted by Crippen LogP contribution is 2.26. The zero-order chi connectivity index (χ0) is 17.1. The van der Waals surface area contributed by atoms with Crippen molar-refractivity contribution in [1.29, 1.82) is 5.26 Å². The van der Waals surface area contributed by atoms with Crippen LogP contribution in [-0.4, -0.2) is 34.1 Å². The maximum Gasteiger partial charge on any atom is 0.225 e. The molecule has 4 rings (SSSR count). The Bertz CT molecular complexity index is 782. The number of rotatable bonds is 3. The lowest BCUT2D eigenvalue weighted by atomic mass is 9.95. The van der Waals surface area contributed by atoms with Gasteiger partial charge in [-0.3, -0.25) is 0 Å². The normalized spacial score (nSPS) is 19.8. The molecule has 1 fully saturated rings. The molecule has 0 spiro atoms. The Hall–Kier alpha value is -2.68. The number of nitrogens with zero attached hydrogens (tertiary/aromatic N) is 5. The van der Waals surface area contributed by atoms with Crippen molar-refractivity contribution in [3.8, 4) is 6.07 Å². The summed E-state index contributed by atoms with van der Waals surface area (Å²) in [6.45, 7) is 1.79. The van der Waals surface area contributed by atoms with E-state index in [0.717, 1.165) is 56.2 Å². The lowest BCUT2D eigenvalue weighted by molar-refractivity contribution is 0.521. The highest BCUT2D eigenvalue weighted by molar-refractivity contribution is 5.55. The van der Waals surface area contributed by atoms with Gasteiger partial charge in [-0.1, -0.05) is 0 Å². The van der Waals surface area contributed by atoms with Crippen LogP contribution in [0, 0.1) is 11.3 Å². The zero-order valence-electron chi connectivity index (χ0n) is 14.3. The molecule has 2 aromatic heterocycles. The lowest BCUT2D eigenvalue weighted by Gasteiger charge is -2.33. The van der Waals surface area contributed by atoms with Gasteiger partial charge in [-0.05, 0) is 56.2 Å². The predicted octanol–water partition coefficient (Wildman–Crippen LogP) is 2.70. The fourth-order valence-electron chi connectivity index (χ4n) is 3.75. The van der Waals surface area contributed by atoms with E-state index in [0.29, 0.717) is 5.56 Å². The van der Waals surface area contributed by atoms with E-state index in [4.69, 9.17) is 4.98 Å². The topological polar surface area (TPSA) is 77.7 Å². The monoisotopic (exact) mass is 334 g/mol. The Kier molecular flexibility index (Phi) is 4.47. The number of pyridine rings is 1. The molecular weight excluding hydrogens is 312 g/mol. The Balaban J connectivity index is 1.52. The third-order valence-corrected chi connectivity index (χ3v) is 5.02. The molecule has 1 aliphatic carbocycles. The summed E-state index contributed by atoms with van der Waals surface area (Å²) in [6, 6.07) is 6.43. The molecule has 0 saturated carbocycles. The van der Waals surface area contributed by atoms with E-state index in [1.165, 1.54) is 18.4 Å². The molecule has 2 aromatic rings. The highest BCUT2D eigenvalue weighted by atomic mass is 15.3. The molecule has 3 heterocycles. The number of fused-ring (bicyclic) bond motifs is 1. The van der Waals surface area contributed by atoms with Crippen LogP contribution in [0.4, 0.5) is 11.8 Å². The molecule has 2 aliphatic rings. The minimum Gasteiger partial charge on any atom is -0.364 e. The first-order valence-electron chi connectivity index (χ1n) is 9.05. The van der Waals surface area contributed by atoms with Gasteiger partial charge in [0.15, 0.2) is 0 Å². The summed E-state index contributed by atoms with van der Waals surface area (Å²) in [6.07, 6.45) is 10.1. The fourth-order valence-corrected chi connectivity index (χ4v) is 3.75. The maximum absolute atomic E-state index is 9.52. The average Bonchev–Trinajstić information content (AvgIpc) is 2.68. The molecule has 1 N–H and O–H groups in total. The van der Waals surface area contributed by atoms with E-state index in [1.807, 2.05) is 12.1 Å². The van der Waals surface area contributed by atoms with Gasteiger partial charge in [-0.2, -0.15) is 5.26 Å². The predicted molar refractivity (Wildman–Crippen MR) is 96.5 cm³/mol. The van der Waals surface area contributed by atoms with E-state index in [9.17, 15) is 5.26 Å². The van der Waals surface area contributed by atoms with E-state index in [2.05, 4.69) is 26.3 Å². The van der Waals surface area contributed by atoms with Gasteiger partial charge in [0.25, 0.3) is 0 Å². The first kappa shape index (κ1) is 15.8. The molecule has 1 atom stereocenters. The van der Waals surface area contributed by atoms with E-state index in [1.54, 1.807) is 12.4 Å². The molecule has 0 radical (unpaired) electrons. The van der Waals surface area contributed by atoms with Gasteiger partial charge < -0.3 is 10.2 Å². The van der Waals surface area contributed by atoms with Crippen molar-refractivity contribution in [1.82, 2.24) is 15.0 Å². The van der Waals surface area contributed by atoms with Gasteiger partial charge in [0.05, 0.1) is 5.56 Å². The number of anilines is 2. The third kappa shape index (κ3) is 3.41. The van der Waals surface area contributed by atoms with Gasteiger partial charge in [-0.25, -0.2) is 15.0 Å². The van der Waals surface area contributed by atoms with E-state index >= 15 is 0 Å². The molecule has 0 bridgehead atoms. The van der Waals surface area contributed by atoms with Crippen molar-refractivity contribution in [3.63, 3.8) is 0 Å². The molecule has 6 heteroatoms. The van der Waals surface area contributed by atoms with Crippen LogP contribution >= 0.6 is 0 Å². The minimum absolute atomic E-state index is 0.249. The number of nitriles is 1. The van der Waals surface area contributed by atoms with Crippen LogP contribution in [0.2, 0.25) is 0 Å². The molecule has 25 heavy (non-hydrogen) atoms. The molecule has 6 nitrogen and oxygen atoms in total. The van der Waals surface area contributed by atoms with Crippen molar-refractivity contribution in [2.45, 2.75) is 44.6 Å². The number of nitrogens with one attached hydrogen (secondary N) is 1. The van der Waals surface area contributed by atoms with Crippen LogP contribution < -0.4 is 10.2 Å². The van der Waals surface area contributed by atoms with Crippen LogP contribution in [0.15, 0.2) is 24.5 Å². The Morgan fingerprint density at radius 1 is 1.16 bits per heavy atom. The second kappa shape index (κ2) is 7.06. The first-order valence-corrected chi connectivity index (χ1v) is 9.05. The number of aryl methyl sites for hydroxylation is 2. The average molecular weight is 334 g/mol. The molecule has 0 unspecified atom stereocenters. The van der Waals surface area contributed by atoms with Crippen LogP contribution in [0.3, 0.4) is 0 Å². The van der Waals surface area contributed by atoms with Gasteiger partial charge in [0.1, 0.15) is 11.9 Å². The number of hydrogen-bond acceptors (Lipinski definition) is 6. The highest BCUT2D eigenvalue weighted by Gasteiger charge is 2.23. The number of aromatic nitrogens is 3. The van der Waals surface area contributed by atoms with E-state index in [-0.39, 0.29) is 6.04 Å². The summed E-state index contributed by atoms with van der Waals surface area (Å²) in [7, 11) is 0. The SMILES string of the molecule is N#Cc1cc2c(nc1N[C@H]1CCCN(c3ncccn3)C1)CCCC2. The van der Waals surface area contributed by atoms with Crippen LogP contribution in [0.25, 0.3) is 0 Å². The fraction of sp³-hybridized carbons (Fsp3) is 0.474. The van der Waals surface area contributed by atoms with Gasteiger partial charge in [0.2, 0.25) is 5.95 Å². The van der Waals surface area contributed by atoms with Crippen LogP contribution in [0.5, 0.6) is 0 Å². The van der Waals surface area contributed by atoms with Crippen LogP contribution in [-0.2, 0) is 12.8 Å². The third-order valence-electron chi connectivity index (χ3n) is 5.02. The smallest absolute Gasteiger partial charge is 0.225 e. The van der Waals surface area contributed by atoms with Crippen LogP contribution in [0.1, 0.15) is 42.5 Å². The van der Waals surface area contributed by atoms with Crippen molar-refractivity contribution >= 4 is 11.8 Å². The second-order valence-corrected chi connectivity index (χ2v) is 6.79. The summed E-state index contributed by atoms with van der Waals surface area (Å²) in [5, 5.41) is 13.0. The summed E-state index contributed by atoms with van der Waals surface area (Å²) in [5.41, 5.74) is 3.07. The Morgan fingerprint density at radius 2 is 2.00 bits per heavy atom. The minimum atomic E-state index is 0.249. The molecular formula is C19H22N6. The Labute approximate surface area is 147 Å². The standard InChI is InChI=1S/C19H22N6/c20-12-15-11-14-5-1-2-7-17(14)24-18(15)23-16-6-3-10-25(13-16)19-21-8-4-9-22-19/h4,8-9,11,16H,1-3,5-7,10,13H2,(H,23,24)/t16-/m0/s1. The molecule has 0 aromatic carbocycles. The summed E-state index contributed by atoms with van der Waals surface area (Å²) < 4.78 is 0. The second-order valence-electron chi connectivity index (χ2n) is 6.79. The molecule has 0 amide bonds. The number of hydrogen-bond donors (Lipinski definition) is 1. The van der Waals surface area contributed by atoms with Gasteiger partial charge in [-0.15, -0.1) is 0 Å². The summed E-state index contributed by atoms with van der Waals surface area (Å²) >= 11 is 0. The molecule has 128 valence electrons. The quantitative estimate of drug-likeness (QED) is 0.930. The zero-order valence-corrected chi connectivity index (χ0v) is 14.3. The molecule has 1 aliphatic heterocycles. The number of piperidine rings is 1. The summed E-state index contributed by atoms with van der Waals surface area (Å²) in [4.78, 5) is 15.7. The van der Waals surface area contributed by atoms with Gasteiger partial charge in [0, 0.05) is 37.2 Å². The lowest BCUT2D eigenvalue weighted by Crippen LogP contribution is -2.43. The largest absolute Gasteiger partial charge is 0.364 e. The van der Waals surface area contributed by atoms with Crippen molar-refractivity contribution in [2.24, 2.45) is 0 Å². The maximum atomic E-state index is 9.52. The van der Waals surface area contributed by atoms with Crippen molar-refractivity contribution in [3.05, 3.63) is 41.3 Å². The molecule has 1 saturated heterocycles. The van der Waals surface area contributed by atoms with E-state index < -0.39 is 0 Å². The van der Waals surface area contributed by atoms with Crippen molar-refractivity contribution in [2.75, 3.05) is 23.3 Å². The first-order chi connectivity index (χ1) is 12.3. The van der Waals surface area contributed by atoms with Gasteiger partial charge >= 0.3 is 0 Å². The summed E-state index contributed by atoms with van der Waals surface area (Å²) in [5.74, 6) is 1.51. The van der Waals surface area contributed by atoms with Crippen molar-refractivity contribution < 1.29 is 0 Å².